The Bertz CT molecular complexity index is 915. The molecule has 1 N–H and O–H groups in total. The molecule has 2 aliphatic rings. The van der Waals surface area contributed by atoms with Crippen molar-refractivity contribution in [3.8, 4) is 6.07 Å². The molecule has 1 aromatic heterocycles. The average Bonchev–Trinajstić information content (AvgIpc) is 3.18. The minimum absolute atomic E-state index is 0.0428. The van der Waals surface area contributed by atoms with Crippen molar-refractivity contribution < 1.29 is 9.18 Å². The van der Waals surface area contributed by atoms with Crippen molar-refractivity contribution in [1.82, 2.24) is 20.0 Å². The van der Waals surface area contributed by atoms with Gasteiger partial charge in [0.15, 0.2) is 0 Å². The van der Waals surface area contributed by atoms with Crippen molar-refractivity contribution in [2.45, 2.75) is 25.8 Å². The van der Waals surface area contributed by atoms with Crippen LogP contribution in [0.5, 0.6) is 0 Å². The zero-order valence-corrected chi connectivity index (χ0v) is 14.9. The van der Waals surface area contributed by atoms with Gasteiger partial charge >= 0.3 is 6.03 Å². The van der Waals surface area contributed by atoms with Gasteiger partial charge in [-0.2, -0.15) is 10.4 Å². The Labute approximate surface area is 156 Å². The topological polar surface area (TPSA) is 76.0 Å². The van der Waals surface area contributed by atoms with Crippen LogP contribution in [0.2, 0.25) is 0 Å². The SMILES string of the molecule is N#CC(=C1CCN(C(=O)N2CCc3[nH]ncc3C2)CC1)c1ccc(F)cc1. The van der Waals surface area contributed by atoms with Gasteiger partial charge in [-0.1, -0.05) is 12.1 Å². The first-order valence-electron chi connectivity index (χ1n) is 9.08. The summed E-state index contributed by atoms with van der Waals surface area (Å²) in [5.74, 6) is -0.316. The van der Waals surface area contributed by atoms with Gasteiger partial charge in [-0.15, -0.1) is 0 Å². The summed E-state index contributed by atoms with van der Waals surface area (Å²) in [5.41, 5.74) is 4.56. The number of halogens is 1. The lowest BCUT2D eigenvalue weighted by molar-refractivity contribution is 0.144. The maximum absolute atomic E-state index is 13.1. The number of benzene rings is 1. The highest BCUT2D eigenvalue weighted by Gasteiger charge is 2.28. The number of aromatic nitrogens is 2. The van der Waals surface area contributed by atoms with Crippen LogP contribution >= 0.6 is 0 Å². The molecule has 0 spiro atoms. The first-order valence-corrected chi connectivity index (χ1v) is 9.08. The highest BCUT2D eigenvalue weighted by atomic mass is 19.1. The molecule has 27 heavy (non-hydrogen) atoms. The van der Waals surface area contributed by atoms with Crippen LogP contribution < -0.4 is 0 Å². The number of piperidine rings is 1. The fourth-order valence-electron chi connectivity index (χ4n) is 3.77. The number of hydrogen-bond acceptors (Lipinski definition) is 3. The number of nitriles is 1. The smallest absolute Gasteiger partial charge is 0.320 e. The van der Waals surface area contributed by atoms with Crippen LogP contribution in [0.1, 0.15) is 29.7 Å². The summed E-state index contributed by atoms with van der Waals surface area (Å²) in [4.78, 5) is 16.6. The van der Waals surface area contributed by atoms with Crippen molar-refractivity contribution in [3.63, 3.8) is 0 Å². The van der Waals surface area contributed by atoms with Crippen LogP contribution in [-0.2, 0) is 13.0 Å². The van der Waals surface area contributed by atoms with Gasteiger partial charge in [0.1, 0.15) is 5.82 Å². The molecule has 1 saturated heterocycles. The molecule has 2 aliphatic heterocycles. The highest BCUT2D eigenvalue weighted by Crippen LogP contribution is 2.27. The summed E-state index contributed by atoms with van der Waals surface area (Å²) in [7, 11) is 0. The Kier molecular flexibility index (Phi) is 4.63. The Balaban J connectivity index is 1.43. The van der Waals surface area contributed by atoms with Crippen molar-refractivity contribution in [3.05, 3.63) is 58.7 Å². The Hall–Kier alpha value is -3.14. The molecule has 138 valence electrons. The standard InChI is InChI=1S/C20H20FN5O/c21-17-3-1-14(2-4-17)18(11-22)15-5-8-25(9-6-15)20(27)26-10-7-19-16(13-26)12-23-24-19/h1-4,12H,5-10,13H2,(H,23,24). The summed E-state index contributed by atoms with van der Waals surface area (Å²) in [6.45, 7) is 2.46. The Morgan fingerprint density at radius 2 is 1.81 bits per heavy atom. The largest absolute Gasteiger partial charge is 0.324 e. The second-order valence-electron chi connectivity index (χ2n) is 6.91. The number of nitrogens with one attached hydrogen (secondary N) is 1. The van der Waals surface area contributed by atoms with E-state index in [0.717, 1.165) is 28.8 Å². The molecule has 0 atom stereocenters. The molecule has 1 aromatic carbocycles. The van der Waals surface area contributed by atoms with Crippen LogP contribution in [0.25, 0.3) is 5.57 Å². The summed E-state index contributed by atoms with van der Waals surface area (Å²) < 4.78 is 13.1. The molecule has 6 nitrogen and oxygen atoms in total. The van der Waals surface area contributed by atoms with Crippen LogP contribution in [0.15, 0.2) is 36.0 Å². The number of carbonyl (C=O) groups excluding carboxylic acids is 1. The van der Waals surface area contributed by atoms with Gasteiger partial charge in [0, 0.05) is 37.3 Å². The van der Waals surface area contributed by atoms with Gasteiger partial charge < -0.3 is 9.80 Å². The summed E-state index contributed by atoms with van der Waals surface area (Å²) in [5, 5.41) is 16.6. The van der Waals surface area contributed by atoms with E-state index in [1.165, 1.54) is 12.1 Å². The van der Waals surface area contributed by atoms with Crippen LogP contribution in [0, 0.1) is 17.1 Å². The van der Waals surface area contributed by atoms with Crippen molar-refractivity contribution >= 4 is 11.6 Å². The minimum Gasteiger partial charge on any atom is -0.324 e. The number of hydrogen-bond donors (Lipinski definition) is 1. The molecule has 2 amide bonds. The molecule has 0 unspecified atom stereocenters. The summed E-state index contributed by atoms with van der Waals surface area (Å²) >= 11 is 0. The number of carbonyl (C=O) groups is 1. The zero-order valence-electron chi connectivity index (χ0n) is 14.9. The van der Waals surface area contributed by atoms with Gasteiger partial charge in [-0.05, 0) is 36.1 Å². The lowest BCUT2D eigenvalue weighted by Crippen LogP contribution is -2.47. The number of allylic oxidation sites excluding steroid dienone is 1. The van der Waals surface area contributed by atoms with E-state index in [9.17, 15) is 14.4 Å². The zero-order chi connectivity index (χ0) is 18.8. The number of likely N-dealkylation sites (tertiary alicyclic amines) is 1. The highest BCUT2D eigenvalue weighted by molar-refractivity contribution is 5.80. The molecule has 2 aromatic rings. The minimum atomic E-state index is -0.316. The fourth-order valence-corrected chi connectivity index (χ4v) is 3.77. The third-order valence-electron chi connectivity index (χ3n) is 5.31. The van der Waals surface area contributed by atoms with E-state index in [4.69, 9.17) is 0 Å². The maximum Gasteiger partial charge on any atom is 0.320 e. The second kappa shape index (κ2) is 7.23. The number of amides is 2. The predicted molar refractivity (Wildman–Crippen MR) is 97.8 cm³/mol. The van der Waals surface area contributed by atoms with E-state index in [1.54, 1.807) is 18.3 Å². The molecule has 4 rings (SSSR count). The van der Waals surface area contributed by atoms with Crippen molar-refractivity contribution in [2.75, 3.05) is 19.6 Å². The number of urea groups is 1. The number of aromatic amines is 1. The molecule has 3 heterocycles. The normalized spacial score (nSPS) is 16.7. The van der Waals surface area contributed by atoms with E-state index >= 15 is 0 Å². The molecule has 7 heteroatoms. The first kappa shape index (κ1) is 17.3. The van der Waals surface area contributed by atoms with Crippen molar-refractivity contribution in [2.24, 2.45) is 0 Å². The number of fused-ring (bicyclic) bond motifs is 1. The van der Waals surface area contributed by atoms with E-state index in [-0.39, 0.29) is 11.8 Å². The van der Waals surface area contributed by atoms with E-state index in [1.807, 2.05) is 9.80 Å². The third kappa shape index (κ3) is 3.43. The quantitative estimate of drug-likeness (QED) is 0.789. The van der Waals surface area contributed by atoms with Gasteiger partial charge in [0.25, 0.3) is 0 Å². The van der Waals surface area contributed by atoms with Crippen LogP contribution in [0.4, 0.5) is 9.18 Å². The number of H-pyrrole nitrogens is 1. The monoisotopic (exact) mass is 365 g/mol. The van der Waals surface area contributed by atoms with Gasteiger partial charge in [0.2, 0.25) is 0 Å². The Morgan fingerprint density at radius 3 is 2.52 bits per heavy atom. The molecule has 0 bridgehead atoms. The maximum atomic E-state index is 13.1. The molecule has 1 fully saturated rings. The molecular formula is C20H20FN5O. The Morgan fingerprint density at radius 1 is 1.11 bits per heavy atom. The van der Waals surface area contributed by atoms with Crippen molar-refractivity contribution in [1.29, 1.82) is 5.26 Å². The predicted octanol–water partition coefficient (Wildman–Crippen LogP) is 3.10. The van der Waals surface area contributed by atoms with Crippen LogP contribution in [-0.4, -0.2) is 45.7 Å². The molecular weight excluding hydrogens is 345 g/mol. The fraction of sp³-hybridized carbons (Fsp3) is 0.350. The summed E-state index contributed by atoms with van der Waals surface area (Å²) in [6, 6.07) is 8.30. The van der Waals surface area contributed by atoms with E-state index in [0.29, 0.717) is 44.6 Å². The molecule has 0 saturated carbocycles. The second-order valence-corrected chi connectivity index (χ2v) is 6.91. The lowest BCUT2D eigenvalue weighted by atomic mass is 9.94. The van der Waals surface area contributed by atoms with Gasteiger partial charge in [0.05, 0.1) is 24.4 Å². The number of nitrogens with zero attached hydrogens (tertiary/aromatic N) is 4. The lowest BCUT2D eigenvalue weighted by Gasteiger charge is -2.35. The molecule has 0 radical (unpaired) electrons. The van der Waals surface area contributed by atoms with Gasteiger partial charge in [-0.25, -0.2) is 9.18 Å². The average molecular weight is 365 g/mol. The van der Waals surface area contributed by atoms with Gasteiger partial charge in [-0.3, -0.25) is 5.10 Å². The van der Waals surface area contributed by atoms with E-state index in [2.05, 4.69) is 16.3 Å². The first-order chi connectivity index (χ1) is 13.2. The van der Waals surface area contributed by atoms with E-state index < -0.39 is 0 Å². The molecule has 0 aliphatic carbocycles. The van der Waals surface area contributed by atoms with Crippen LogP contribution in [0.3, 0.4) is 0 Å². The summed E-state index contributed by atoms with van der Waals surface area (Å²) in [6.07, 6.45) is 3.91. The number of rotatable bonds is 1. The third-order valence-corrected chi connectivity index (χ3v) is 5.31.